The fourth-order valence-corrected chi connectivity index (χ4v) is 5.30. The summed E-state index contributed by atoms with van der Waals surface area (Å²) in [6.45, 7) is 5.87. The monoisotopic (exact) mass is 483 g/mol. The molecular formula is C26H25N7OS. The number of hydrogen-bond acceptors (Lipinski definition) is 7. The molecule has 5 aromatic rings. The Morgan fingerprint density at radius 1 is 1.11 bits per heavy atom. The van der Waals surface area contributed by atoms with Gasteiger partial charge in [-0.05, 0) is 60.7 Å². The Kier molecular flexibility index (Phi) is 5.43. The predicted molar refractivity (Wildman–Crippen MR) is 140 cm³/mol. The van der Waals surface area contributed by atoms with Crippen LogP contribution in [0.2, 0.25) is 0 Å². The lowest BCUT2D eigenvalue weighted by molar-refractivity contribution is -0.122. The van der Waals surface area contributed by atoms with E-state index in [1.165, 1.54) is 11.1 Å². The third-order valence-electron chi connectivity index (χ3n) is 6.08. The van der Waals surface area contributed by atoms with Crippen LogP contribution in [0.5, 0.6) is 0 Å². The molecule has 4 heterocycles. The second-order valence-corrected chi connectivity index (χ2v) is 10.1. The predicted octanol–water partition coefficient (Wildman–Crippen LogP) is 4.82. The number of carbonyl (C=O) groups is 1. The van der Waals surface area contributed by atoms with Gasteiger partial charge in [0.1, 0.15) is 0 Å². The van der Waals surface area contributed by atoms with Gasteiger partial charge in [-0.1, -0.05) is 12.1 Å². The van der Waals surface area contributed by atoms with Crippen molar-refractivity contribution in [2.45, 2.75) is 33.0 Å². The second-order valence-electron chi connectivity index (χ2n) is 9.18. The van der Waals surface area contributed by atoms with E-state index in [1.807, 2.05) is 43.6 Å². The largest absolute Gasteiger partial charge is 0.353 e. The normalized spacial score (nSPS) is 13.6. The SMILES string of the molecule is CC(C)NC(=O)CN1Cc2ccc(-c3nc(Nc4ccc5[nH]ncc5c4)c4sccc4n3)cc2C1. The highest BCUT2D eigenvalue weighted by molar-refractivity contribution is 7.17. The van der Waals surface area contributed by atoms with Gasteiger partial charge < -0.3 is 10.6 Å². The van der Waals surface area contributed by atoms with Gasteiger partial charge >= 0.3 is 0 Å². The summed E-state index contributed by atoms with van der Waals surface area (Å²) >= 11 is 1.62. The van der Waals surface area contributed by atoms with Crippen LogP contribution in [0, 0.1) is 0 Å². The number of hydrogen-bond donors (Lipinski definition) is 3. The van der Waals surface area contributed by atoms with E-state index in [4.69, 9.17) is 9.97 Å². The van der Waals surface area contributed by atoms with E-state index < -0.39 is 0 Å². The zero-order valence-electron chi connectivity index (χ0n) is 19.5. The zero-order chi connectivity index (χ0) is 23.9. The molecule has 8 nitrogen and oxygen atoms in total. The number of anilines is 2. The lowest BCUT2D eigenvalue weighted by atomic mass is 10.1. The van der Waals surface area contributed by atoms with Crippen LogP contribution < -0.4 is 10.6 Å². The van der Waals surface area contributed by atoms with Gasteiger partial charge in [-0.25, -0.2) is 9.97 Å². The molecule has 0 radical (unpaired) electrons. The highest BCUT2D eigenvalue weighted by Crippen LogP contribution is 2.33. The molecular weight excluding hydrogens is 458 g/mol. The number of aromatic nitrogens is 4. The van der Waals surface area contributed by atoms with Crippen LogP contribution in [0.1, 0.15) is 25.0 Å². The minimum atomic E-state index is 0.0589. The lowest BCUT2D eigenvalue weighted by Crippen LogP contribution is -2.38. The molecule has 1 aliphatic rings. The summed E-state index contributed by atoms with van der Waals surface area (Å²) in [6, 6.07) is 14.6. The Balaban J connectivity index is 1.28. The molecule has 6 rings (SSSR count). The van der Waals surface area contributed by atoms with Crippen molar-refractivity contribution in [1.29, 1.82) is 0 Å². The van der Waals surface area contributed by atoms with Crippen LogP contribution in [0.3, 0.4) is 0 Å². The van der Waals surface area contributed by atoms with Crippen molar-refractivity contribution in [1.82, 2.24) is 30.4 Å². The standard InChI is InChI=1S/C26H25N7OS/c1-15(2)28-23(34)14-33-12-17-4-3-16(9-19(17)13-33)25-30-22-7-8-35-24(22)26(31-25)29-20-5-6-21-18(10-20)11-27-32-21/h3-11,15H,12-14H2,1-2H3,(H,27,32)(H,28,34)(H,29,30,31). The molecule has 0 aliphatic carbocycles. The summed E-state index contributed by atoms with van der Waals surface area (Å²) in [7, 11) is 0. The number of rotatable bonds is 6. The van der Waals surface area contributed by atoms with Crippen molar-refractivity contribution in [2.75, 3.05) is 11.9 Å². The Morgan fingerprint density at radius 3 is 2.89 bits per heavy atom. The maximum absolute atomic E-state index is 12.2. The number of amides is 1. The number of nitrogens with zero attached hydrogens (tertiary/aromatic N) is 4. The average Bonchev–Trinajstić information content (AvgIpc) is 3.56. The molecule has 1 amide bonds. The topological polar surface area (TPSA) is 98.8 Å². The second kappa shape index (κ2) is 8.75. The minimum Gasteiger partial charge on any atom is -0.353 e. The first kappa shape index (κ1) is 21.7. The van der Waals surface area contributed by atoms with Gasteiger partial charge in [0.05, 0.1) is 28.5 Å². The van der Waals surface area contributed by atoms with Gasteiger partial charge in [0, 0.05) is 35.8 Å². The van der Waals surface area contributed by atoms with Crippen LogP contribution >= 0.6 is 11.3 Å². The number of benzene rings is 2. The molecule has 0 spiro atoms. The zero-order valence-corrected chi connectivity index (χ0v) is 20.3. The first-order valence-electron chi connectivity index (χ1n) is 11.6. The van der Waals surface area contributed by atoms with Gasteiger partial charge in [0.2, 0.25) is 5.91 Å². The Labute approximate surface area is 206 Å². The molecule has 0 saturated heterocycles. The molecule has 0 atom stereocenters. The molecule has 0 unspecified atom stereocenters. The fourth-order valence-electron chi connectivity index (χ4n) is 4.52. The summed E-state index contributed by atoms with van der Waals surface area (Å²) in [5.41, 5.74) is 6.29. The molecule has 0 fully saturated rings. The molecule has 3 aromatic heterocycles. The lowest BCUT2D eigenvalue weighted by Gasteiger charge is -2.15. The van der Waals surface area contributed by atoms with Gasteiger partial charge in [-0.15, -0.1) is 11.3 Å². The summed E-state index contributed by atoms with van der Waals surface area (Å²) in [5, 5.41) is 16.6. The molecule has 0 saturated carbocycles. The van der Waals surface area contributed by atoms with Crippen molar-refractivity contribution in [3.05, 3.63) is 65.2 Å². The van der Waals surface area contributed by atoms with E-state index in [0.29, 0.717) is 12.4 Å². The highest BCUT2D eigenvalue weighted by atomic mass is 32.1. The van der Waals surface area contributed by atoms with E-state index >= 15 is 0 Å². The fraction of sp³-hybridized carbons (Fsp3) is 0.231. The first-order valence-corrected chi connectivity index (χ1v) is 12.5. The molecule has 9 heteroatoms. The van der Waals surface area contributed by atoms with Crippen LogP contribution in [-0.2, 0) is 17.9 Å². The van der Waals surface area contributed by atoms with Gasteiger partial charge in [-0.2, -0.15) is 5.10 Å². The van der Waals surface area contributed by atoms with Crippen molar-refractivity contribution in [2.24, 2.45) is 0 Å². The Bertz CT molecular complexity index is 1550. The van der Waals surface area contributed by atoms with Crippen LogP contribution in [0.4, 0.5) is 11.5 Å². The van der Waals surface area contributed by atoms with E-state index in [9.17, 15) is 4.79 Å². The highest BCUT2D eigenvalue weighted by Gasteiger charge is 2.22. The average molecular weight is 484 g/mol. The van der Waals surface area contributed by atoms with Crippen molar-refractivity contribution >= 4 is 49.9 Å². The number of carbonyl (C=O) groups excluding carboxylic acids is 1. The van der Waals surface area contributed by atoms with Crippen molar-refractivity contribution < 1.29 is 4.79 Å². The molecule has 1 aliphatic heterocycles. The van der Waals surface area contributed by atoms with E-state index in [0.717, 1.165) is 51.3 Å². The van der Waals surface area contributed by atoms with Crippen molar-refractivity contribution in [3.8, 4) is 11.4 Å². The Morgan fingerprint density at radius 2 is 2.00 bits per heavy atom. The number of nitrogens with one attached hydrogen (secondary N) is 3. The third kappa shape index (κ3) is 4.36. The van der Waals surface area contributed by atoms with Crippen LogP contribution in [0.25, 0.3) is 32.5 Å². The quantitative estimate of drug-likeness (QED) is 0.320. The molecule has 3 N–H and O–H groups in total. The summed E-state index contributed by atoms with van der Waals surface area (Å²) in [4.78, 5) is 24.1. The first-order chi connectivity index (χ1) is 17.0. The van der Waals surface area contributed by atoms with Gasteiger partial charge in [-0.3, -0.25) is 14.8 Å². The van der Waals surface area contributed by atoms with Gasteiger partial charge in [0.25, 0.3) is 0 Å². The van der Waals surface area contributed by atoms with E-state index in [1.54, 1.807) is 11.3 Å². The molecule has 2 aromatic carbocycles. The summed E-state index contributed by atoms with van der Waals surface area (Å²) in [5.74, 6) is 1.53. The maximum atomic E-state index is 12.2. The summed E-state index contributed by atoms with van der Waals surface area (Å²) in [6.07, 6.45) is 1.81. The number of aromatic amines is 1. The summed E-state index contributed by atoms with van der Waals surface area (Å²) < 4.78 is 1.02. The van der Waals surface area contributed by atoms with E-state index in [-0.39, 0.29) is 11.9 Å². The van der Waals surface area contributed by atoms with E-state index in [2.05, 4.69) is 50.0 Å². The van der Waals surface area contributed by atoms with Crippen LogP contribution in [-0.4, -0.2) is 43.6 Å². The number of fused-ring (bicyclic) bond motifs is 3. The molecule has 176 valence electrons. The minimum absolute atomic E-state index is 0.0589. The molecule has 35 heavy (non-hydrogen) atoms. The number of thiophene rings is 1. The maximum Gasteiger partial charge on any atom is 0.234 e. The van der Waals surface area contributed by atoms with Crippen LogP contribution in [0.15, 0.2) is 54.0 Å². The van der Waals surface area contributed by atoms with Crippen molar-refractivity contribution in [3.63, 3.8) is 0 Å². The van der Waals surface area contributed by atoms with Gasteiger partial charge in [0.15, 0.2) is 11.6 Å². The Hall–Kier alpha value is -3.82. The smallest absolute Gasteiger partial charge is 0.234 e. The third-order valence-corrected chi connectivity index (χ3v) is 6.99. The molecule has 0 bridgehead atoms. The number of H-pyrrole nitrogens is 1.